The van der Waals surface area contributed by atoms with Gasteiger partial charge in [-0.1, -0.05) is 30.3 Å². The zero-order chi connectivity index (χ0) is 12.1. The Bertz CT molecular complexity index is 364. The highest BCUT2D eigenvalue weighted by Gasteiger charge is 2.23. The van der Waals surface area contributed by atoms with Crippen molar-refractivity contribution in [1.82, 2.24) is 4.90 Å². The van der Waals surface area contributed by atoms with Crippen LogP contribution in [0.15, 0.2) is 30.3 Å². The summed E-state index contributed by atoms with van der Waals surface area (Å²) in [6, 6.07) is 9.44. The van der Waals surface area contributed by atoms with Crippen LogP contribution in [0.3, 0.4) is 0 Å². The summed E-state index contributed by atoms with van der Waals surface area (Å²) in [5.41, 5.74) is 0.790. The number of aliphatic hydroxyl groups is 1. The van der Waals surface area contributed by atoms with Crippen molar-refractivity contribution in [3.63, 3.8) is 0 Å². The van der Waals surface area contributed by atoms with E-state index in [-0.39, 0.29) is 12.4 Å². The number of Topliss-reactive ketones (excluding diaryl/α,β-unsaturated/α-hetero) is 1. The normalized spacial score (nSPS) is 20.6. The van der Waals surface area contributed by atoms with Crippen LogP contribution < -0.4 is 0 Å². The van der Waals surface area contributed by atoms with Gasteiger partial charge in [-0.2, -0.15) is 0 Å². The van der Waals surface area contributed by atoms with Gasteiger partial charge in [0.25, 0.3) is 0 Å². The number of carbonyl (C=O) groups excluding carboxylic acids is 1. The number of hydrogen-bond acceptors (Lipinski definition) is 3. The van der Waals surface area contributed by atoms with Crippen molar-refractivity contribution in [1.29, 1.82) is 0 Å². The fourth-order valence-electron chi connectivity index (χ4n) is 2.39. The van der Waals surface area contributed by atoms with E-state index in [0.717, 1.165) is 31.5 Å². The number of ketones is 1. The fourth-order valence-corrected chi connectivity index (χ4v) is 2.39. The lowest BCUT2D eigenvalue weighted by Gasteiger charge is -2.14. The van der Waals surface area contributed by atoms with E-state index in [9.17, 15) is 4.79 Å². The van der Waals surface area contributed by atoms with Crippen molar-refractivity contribution in [3.8, 4) is 0 Å². The number of aliphatic hydroxyl groups excluding tert-OH is 1. The highest BCUT2D eigenvalue weighted by atomic mass is 16.3. The van der Waals surface area contributed by atoms with Crippen LogP contribution in [0.25, 0.3) is 0 Å². The number of carbonyl (C=O) groups is 1. The molecule has 0 radical (unpaired) electrons. The summed E-state index contributed by atoms with van der Waals surface area (Å²) in [5.74, 6) is 0.749. The van der Waals surface area contributed by atoms with E-state index < -0.39 is 0 Å². The minimum Gasteiger partial charge on any atom is -0.396 e. The average Bonchev–Trinajstić information content (AvgIpc) is 2.78. The van der Waals surface area contributed by atoms with Crippen molar-refractivity contribution >= 4 is 5.78 Å². The molecule has 1 fully saturated rings. The first-order valence-corrected chi connectivity index (χ1v) is 6.21. The molecule has 1 unspecified atom stereocenters. The molecular weight excluding hydrogens is 214 g/mol. The first-order chi connectivity index (χ1) is 8.29. The minimum atomic E-state index is 0.190. The summed E-state index contributed by atoms with van der Waals surface area (Å²) < 4.78 is 0. The van der Waals surface area contributed by atoms with Gasteiger partial charge in [-0.15, -0.1) is 0 Å². The van der Waals surface area contributed by atoms with Gasteiger partial charge in [-0.05, 0) is 25.3 Å². The Morgan fingerprint density at radius 1 is 1.35 bits per heavy atom. The van der Waals surface area contributed by atoms with Gasteiger partial charge >= 0.3 is 0 Å². The number of benzene rings is 1. The Balaban J connectivity index is 1.84. The van der Waals surface area contributed by atoms with Crippen LogP contribution in [0, 0.1) is 5.92 Å². The standard InChI is InChI=1S/C14H19NO2/c16-9-7-12-6-8-15(10-12)11-14(17)13-4-2-1-3-5-13/h1-5,12,16H,6-11H2. The lowest BCUT2D eigenvalue weighted by Crippen LogP contribution is -2.28. The average molecular weight is 233 g/mol. The van der Waals surface area contributed by atoms with E-state index in [4.69, 9.17) is 5.11 Å². The first-order valence-electron chi connectivity index (χ1n) is 6.21. The molecule has 17 heavy (non-hydrogen) atoms. The van der Waals surface area contributed by atoms with E-state index in [1.54, 1.807) is 0 Å². The molecule has 0 bridgehead atoms. The van der Waals surface area contributed by atoms with Crippen molar-refractivity contribution in [2.75, 3.05) is 26.2 Å². The van der Waals surface area contributed by atoms with Crippen molar-refractivity contribution < 1.29 is 9.90 Å². The number of rotatable bonds is 5. The summed E-state index contributed by atoms with van der Waals surface area (Å²) in [4.78, 5) is 14.2. The summed E-state index contributed by atoms with van der Waals surface area (Å²) in [7, 11) is 0. The fraction of sp³-hybridized carbons (Fsp3) is 0.500. The summed E-state index contributed by atoms with van der Waals surface area (Å²) in [6.07, 6.45) is 1.96. The molecule has 0 aliphatic carbocycles. The molecule has 1 atom stereocenters. The minimum absolute atomic E-state index is 0.190. The van der Waals surface area contributed by atoms with Crippen molar-refractivity contribution in [3.05, 3.63) is 35.9 Å². The highest BCUT2D eigenvalue weighted by Crippen LogP contribution is 2.19. The summed E-state index contributed by atoms with van der Waals surface area (Å²) in [5, 5.41) is 8.89. The van der Waals surface area contributed by atoms with E-state index in [2.05, 4.69) is 4.90 Å². The molecule has 1 heterocycles. The van der Waals surface area contributed by atoms with Crippen LogP contribution in [0.4, 0.5) is 0 Å². The third-order valence-corrected chi connectivity index (χ3v) is 3.37. The lowest BCUT2D eigenvalue weighted by atomic mass is 10.1. The maximum absolute atomic E-state index is 12.0. The van der Waals surface area contributed by atoms with Gasteiger partial charge in [0, 0.05) is 18.7 Å². The molecule has 1 aromatic carbocycles. The lowest BCUT2D eigenvalue weighted by molar-refractivity contribution is 0.0942. The Kier molecular flexibility index (Phi) is 4.29. The predicted octanol–water partition coefficient (Wildman–Crippen LogP) is 1.57. The Labute approximate surface area is 102 Å². The summed E-state index contributed by atoms with van der Waals surface area (Å²) >= 11 is 0. The molecule has 1 aliphatic rings. The second kappa shape index (κ2) is 5.94. The molecule has 1 aliphatic heterocycles. The van der Waals surface area contributed by atoms with E-state index in [1.807, 2.05) is 30.3 Å². The maximum Gasteiger partial charge on any atom is 0.176 e. The van der Waals surface area contributed by atoms with E-state index in [0.29, 0.717) is 12.5 Å². The van der Waals surface area contributed by atoms with Crippen LogP contribution >= 0.6 is 0 Å². The molecule has 0 spiro atoms. The molecule has 0 aromatic heterocycles. The zero-order valence-corrected chi connectivity index (χ0v) is 10.0. The number of nitrogens with zero attached hydrogens (tertiary/aromatic N) is 1. The van der Waals surface area contributed by atoms with Gasteiger partial charge in [-0.25, -0.2) is 0 Å². The number of hydrogen-bond donors (Lipinski definition) is 1. The quantitative estimate of drug-likeness (QED) is 0.785. The summed E-state index contributed by atoms with van der Waals surface area (Å²) in [6.45, 7) is 2.68. The largest absolute Gasteiger partial charge is 0.396 e. The SMILES string of the molecule is O=C(CN1CCC(CCO)C1)c1ccccc1. The van der Waals surface area contributed by atoms with Crippen LogP contribution in [0.1, 0.15) is 23.2 Å². The van der Waals surface area contributed by atoms with Gasteiger partial charge in [0.05, 0.1) is 6.54 Å². The van der Waals surface area contributed by atoms with Gasteiger partial charge in [0.2, 0.25) is 0 Å². The molecule has 92 valence electrons. The number of likely N-dealkylation sites (tertiary alicyclic amines) is 1. The Morgan fingerprint density at radius 2 is 2.12 bits per heavy atom. The monoisotopic (exact) mass is 233 g/mol. The smallest absolute Gasteiger partial charge is 0.176 e. The third kappa shape index (κ3) is 3.38. The maximum atomic E-state index is 12.0. The van der Waals surface area contributed by atoms with Gasteiger partial charge in [0.15, 0.2) is 5.78 Å². The molecule has 1 saturated heterocycles. The van der Waals surface area contributed by atoms with Crippen molar-refractivity contribution in [2.24, 2.45) is 5.92 Å². The van der Waals surface area contributed by atoms with Gasteiger partial charge in [-0.3, -0.25) is 9.69 Å². The van der Waals surface area contributed by atoms with E-state index >= 15 is 0 Å². The van der Waals surface area contributed by atoms with E-state index in [1.165, 1.54) is 0 Å². The van der Waals surface area contributed by atoms with Gasteiger partial charge < -0.3 is 5.11 Å². The molecule has 3 nitrogen and oxygen atoms in total. The molecule has 1 aromatic rings. The topological polar surface area (TPSA) is 40.5 Å². The second-order valence-electron chi connectivity index (χ2n) is 4.69. The van der Waals surface area contributed by atoms with Crippen molar-refractivity contribution in [2.45, 2.75) is 12.8 Å². The van der Waals surface area contributed by atoms with Crippen LogP contribution in [0.2, 0.25) is 0 Å². The molecule has 2 rings (SSSR count). The second-order valence-corrected chi connectivity index (χ2v) is 4.69. The predicted molar refractivity (Wildman–Crippen MR) is 67.0 cm³/mol. The van der Waals surface area contributed by atoms with Crippen LogP contribution in [0.5, 0.6) is 0 Å². The molecule has 0 amide bonds. The molecular formula is C14H19NO2. The molecule has 0 saturated carbocycles. The Hall–Kier alpha value is -1.19. The highest BCUT2D eigenvalue weighted by molar-refractivity contribution is 5.97. The third-order valence-electron chi connectivity index (χ3n) is 3.37. The van der Waals surface area contributed by atoms with Crippen LogP contribution in [-0.4, -0.2) is 42.0 Å². The zero-order valence-electron chi connectivity index (χ0n) is 10.0. The molecule has 1 N–H and O–H groups in total. The molecule has 3 heteroatoms. The van der Waals surface area contributed by atoms with Gasteiger partial charge in [0.1, 0.15) is 0 Å². The first kappa shape index (κ1) is 12.3. The Morgan fingerprint density at radius 3 is 2.82 bits per heavy atom. The van der Waals surface area contributed by atoms with Crippen LogP contribution in [-0.2, 0) is 0 Å².